The zero-order valence-corrected chi connectivity index (χ0v) is 12.8. The van der Waals surface area contributed by atoms with Crippen LogP contribution in [0.25, 0.3) is 11.1 Å². The van der Waals surface area contributed by atoms with E-state index >= 15 is 0 Å². The molecule has 0 bridgehead atoms. The summed E-state index contributed by atoms with van der Waals surface area (Å²) in [5, 5.41) is 3.03. The monoisotopic (exact) mass is 295 g/mol. The van der Waals surface area contributed by atoms with Crippen LogP contribution < -0.4 is 10.2 Å². The molecule has 1 heterocycles. The van der Waals surface area contributed by atoms with Crippen LogP contribution >= 0.6 is 0 Å². The first kappa shape index (κ1) is 14.8. The van der Waals surface area contributed by atoms with Crippen LogP contribution in [0.2, 0.25) is 0 Å². The number of likely N-dealkylation sites (tertiary alicyclic amines) is 1. The molecule has 0 radical (unpaired) electrons. The molecule has 2 N–H and O–H groups in total. The van der Waals surface area contributed by atoms with Gasteiger partial charge in [0.05, 0.1) is 26.2 Å². The van der Waals surface area contributed by atoms with Crippen molar-refractivity contribution >= 4 is 5.91 Å². The van der Waals surface area contributed by atoms with Crippen molar-refractivity contribution in [2.45, 2.75) is 12.8 Å². The Kier molecular flexibility index (Phi) is 4.86. The quantitative estimate of drug-likeness (QED) is 0.866. The number of rotatable bonds is 5. The number of carbonyl (C=O) groups is 1. The van der Waals surface area contributed by atoms with Crippen molar-refractivity contribution < 1.29 is 9.69 Å². The largest absolute Gasteiger partial charge is 0.346 e. The van der Waals surface area contributed by atoms with Gasteiger partial charge in [-0.15, -0.1) is 0 Å². The Hall–Kier alpha value is -2.13. The van der Waals surface area contributed by atoms with Crippen LogP contribution in [0.3, 0.4) is 0 Å². The van der Waals surface area contributed by atoms with Gasteiger partial charge in [0.1, 0.15) is 0 Å². The van der Waals surface area contributed by atoms with Crippen molar-refractivity contribution in [2.75, 3.05) is 26.2 Å². The van der Waals surface area contributed by atoms with Gasteiger partial charge in [0.15, 0.2) is 0 Å². The van der Waals surface area contributed by atoms with Gasteiger partial charge in [-0.3, -0.25) is 4.79 Å². The third-order valence-electron chi connectivity index (χ3n) is 4.33. The van der Waals surface area contributed by atoms with Crippen LogP contribution in [0.4, 0.5) is 0 Å². The topological polar surface area (TPSA) is 33.5 Å². The van der Waals surface area contributed by atoms with Gasteiger partial charge in [-0.05, 0) is 23.3 Å². The van der Waals surface area contributed by atoms with E-state index in [2.05, 4.69) is 17.4 Å². The predicted octanol–water partition coefficient (Wildman–Crippen LogP) is 1.76. The Morgan fingerprint density at radius 2 is 1.55 bits per heavy atom. The van der Waals surface area contributed by atoms with Crippen LogP contribution in [0.5, 0.6) is 0 Å². The highest BCUT2D eigenvalue weighted by atomic mass is 16.1. The Balaban J connectivity index is 1.54. The lowest BCUT2D eigenvalue weighted by atomic mass is 10.0. The summed E-state index contributed by atoms with van der Waals surface area (Å²) in [5.41, 5.74) is 3.04. The van der Waals surface area contributed by atoms with E-state index in [0.29, 0.717) is 0 Å². The summed E-state index contributed by atoms with van der Waals surface area (Å²) in [7, 11) is 0. The molecule has 0 saturated carbocycles. The number of amides is 1. The third-order valence-corrected chi connectivity index (χ3v) is 4.33. The highest BCUT2D eigenvalue weighted by Gasteiger charge is 2.15. The molecule has 3 heteroatoms. The van der Waals surface area contributed by atoms with Crippen LogP contribution in [0.15, 0.2) is 54.6 Å². The summed E-state index contributed by atoms with van der Waals surface area (Å²) in [4.78, 5) is 13.8. The van der Waals surface area contributed by atoms with Gasteiger partial charge in [0, 0.05) is 18.4 Å². The molecule has 0 aromatic heterocycles. The lowest BCUT2D eigenvalue weighted by Crippen LogP contribution is -3.10. The molecule has 1 fully saturated rings. The normalized spacial score (nSPS) is 14.9. The van der Waals surface area contributed by atoms with Gasteiger partial charge >= 0.3 is 0 Å². The average Bonchev–Trinajstić information content (AvgIpc) is 3.09. The van der Waals surface area contributed by atoms with Gasteiger partial charge in [-0.25, -0.2) is 0 Å². The highest BCUT2D eigenvalue weighted by Crippen LogP contribution is 2.19. The summed E-state index contributed by atoms with van der Waals surface area (Å²) < 4.78 is 0. The lowest BCUT2D eigenvalue weighted by Gasteiger charge is -2.12. The van der Waals surface area contributed by atoms with Gasteiger partial charge < -0.3 is 10.2 Å². The number of nitrogens with one attached hydrogen (secondary N) is 2. The van der Waals surface area contributed by atoms with E-state index in [4.69, 9.17) is 0 Å². The zero-order chi connectivity index (χ0) is 15.2. The molecule has 3 rings (SSSR count). The minimum Gasteiger partial charge on any atom is -0.346 e. The molecule has 22 heavy (non-hydrogen) atoms. The molecule has 2 aromatic rings. The second-order valence-corrected chi connectivity index (χ2v) is 5.91. The first-order valence-corrected chi connectivity index (χ1v) is 8.10. The smallest absolute Gasteiger partial charge is 0.251 e. The van der Waals surface area contributed by atoms with Crippen molar-refractivity contribution in [2.24, 2.45) is 0 Å². The molecule has 0 aliphatic carbocycles. The Labute approximate surface area is 132 Å². The van der Waals surface area contributed by atoms with E-state index in [-0.39, 0.29) is 5.91 Å². The highest BCUT2D eigenvalue weighted by molar-refractivity contribution is 5.94. The number of hydrogen-bond acceptors (Lipinski definition) is 1. The average molecular weight is 295 g/mol. The standard InChI is InChI=1S/C19H22N2O/c22-19(20-12-15-21-13-4-5-14-21)18-10-8-17(9-11-18)16-6-2-1-3-7-16/h1-3,6-11H,4-5,12-15H2,(H,20,22)/p+1. The lowest BCUT2D eigenvalue weighted by molar-refractivity contribution is -0.886. The van der Waals surface area contributed by atoms with Crippen molar-refractivity contribution in [1.82, 2.24) is 5.32 Å². The maximum atomic E-state index is 12.1. The number of quaternary nitrogens is 1. The van der Waals surface area contributed by atoms with Crippen LogP contribution in [-0.4, -0.2) is 32.1 Å². The Morgan fingerprint density at radius 3 is 2.23 bits per heavy atom. The minimum atomic E-state index is 0.0261. The first-order chi connectivity index (χ1) is 10.8. The molecule has 114 valence electrons. The summed E-state index contributed by atoms with van der Waals surface area (Å²) in [6, 6.07) is 18.0. The molecule has 3 nitrogen and oxygen atoms in total. The van der Waals surface area contributed by atoms with E-state index in [9.17, 15) is 4.79 Å². The fourth-order valence-electron chi connectivity index (χ4n) is 3.02. The molecule has 1 aliphatic heterocycles. The molecule has 0 unspecified atom stereocenters. The van der Waals surface area contributed by atoms with Crippen molar-refractivity contribution in [1.29, 1.82) is 0 Å². The predicted molar refractivity (Wildman–Crippen MR) is 89.0 cm³/mol. The summed E-state index contributed by atoms with van der Waals surface area (Å²) in [5.74, 6) is 0.0261. The second kappa shape index (κ2) is 7.23. The summed E-state index contributed by atoms with van der Waals surface area (Å²) in [6.07, 6.45) is 2.65. The van der Waals surface area contributed by atoms with E-state index < -0.39 is 0 Å². The Bertz CT molecular complexity index is 601. The van der Waals surface area contributed by atoms with Gasteiger partial charge in [-0.2, -0.15) is 0 Å². The summed E-state index contributed by atoms with van der Waals surface area (Å²) >= 11 is 0. The maximum absolute atomic E-state index is 12.1. The fraction of sp³-hybridized carbons (Fsp3) is 0.316. The Morgan fingerprint density at radius 1 is 0.909 bits per heavy atom. The minimum absolute atomic E-state index is 0.0261. The molecule has 0 spiro atoms. The maximum Gasteiger partial charge on any atom is 0.251 e. The van der Waals surface area contributed by atoms with Crippen molar-refractivity contribution in [3.8, 4) is 11.1 Å². The van der Waals surface area contributed by atoms with E-state index in [1.165, 1.54) is 31.5 Å². The van der Waals surface area contributed by atoms with Crippen LogP contribution in [0, 0.1) is 0 Å². The zero-order valence-electron chi connectivity index (χ0n) is 12.8. The van der Waals surface area contributed by atoms with Gasteiger partial charge in [0.25, 0.3) is 5.91 Å². The number of benzene rings is 2. The van der Waals surface area contributed by atoms with Crippen LogP contribution in [0.1, 0.15) is 23.2 Å². The first-order valence-electron chi connectivity index (χ1n) is 8.10. The SMILES string of the molecule is O=C(NCC[NH+]1CCCC1)c1ccc(-c2ccccc2)cc1. The van der Waals surface area contributed by atoms with Gasteiger partial charge in [0.2, 0.25) is 0 Å². The summed E-state index contributed by atoms with van der Waals surface area (Å²) in [6.45, 7) is 4.30. The molecule has 1 saturated heterocycles. The van der Waals surface area contributed by atoms with E-state index in [1.807, 2.05) is 42.5 Å². The van der Waals surface area contributed by atoms with Crippen LogP contribution in [-0.2, 0) is 0 Å². The van der Waals surface area contributed by atoms with E-state index in [1.54, 1.807) is 4.90 Å². The number of carbonyl (C=O) groups excluding carboxylic acids is 1. The second-order valence-electron chi connectivity index (χ2n) is 5.91. The molecule has 1 amide bonds. The van der Waals surface area contributed by atoms with Crippen molar-refractivity contribution in [3.63, 3.8) is 0 Å². The number of hydrogen-bond donors (Lipinski definition) is 2. The fourth-order valence-corrected chi connectivity index (χ4v) is 3.02. The molecular weight excluding hydrogens is 272 g/mol. The molecule has 1 aliphatic rings. The van der Waals surface area contributed by atoms with Gasteiger partial charge in [-0.1, -0.05) is 42.5 Å². The van der Waals surface area contributed by atoms with Crippen molar-refractivity contribution in [3.05, 3.63) is 60.2 Å². The third kappa shape index (κ3) is 3.74. The molecule has 0 atom stereocenters. The van der Waals surface area contributed by atoms with E-state index in [0.717, 1.165) is 24.2 Å². The molecule has 2 aromatic carbocycles. The molecular formula is C19H23N2O+.